The van der Waals surface area contributed by atoms with Gasteiger partial charge in [-0.2, -0.15) is 0 Å². The van der Waals surface area contributed by atoms with Crippen LogP contribution < -0.4 is 0 Å². The van der Waals surface area contributed by atoms with E-state index in [1.165, 1.54) is 0 Å². The number of unbranched alkanes of at least 4 members (excludes halogenated alkanes) is 3. The lowest BCUT2D eigenvalue weighted by atomic mass is 9.99. The van der Waals surface area contributed by atoms with Gasteiger partial charge >= 0.3 is 23.9 Å². The summed E-state index contributed by atoms with van der Waals surface area (Å²) < 4.78 is 63.8. The molecule has 0 saturated carbocycles. The molecule has 13 atom stereocenters. The van der Waals surface area contributed by atoms with Crippen LogP contribution in [0, 0.1) is 0 Å². The molecule has 0 aliphatic carbocycles. The SMILES string of the molecule is C[C@H](CCCCCCO)O[C@@H]1O[C@@H](C)[C@H](O[C@@H]2O[C@@H](C)[C@H](OC(=O)c3ccccc3)C[C@H]2OC(=O)c2ccccc2)C[C@H]1O[C@@H]1O[C@@H](C)[C@H](OC(=O)c2ccccc2)C[C@H]1OC(=O)c1ccccc1. The highest BCUT2D eigenvalue weighted by molar-refractivity contribution is 5.91. The van der Waals surface area contributed by atoms with E-state index < -0.39 is 97.7 Å². The Hall–Kier alpha value is -5.52. The maximum Gasteiger partial charge on any atom is 0.338 e. The average Bonchev–Trinajstić information content (AvgIpc) is 3.36. The molecule has 3 aliphatic heterocycles. The Labute approximate surface area is 403 Å². The topological polar surface area (TPSA) is 181 Å². The lowest BCUT2D eigenvalue weighted by Gasteiger charge is -2.46. The Morgan fingerprint density at radius 3 is 1.20 bits per heavy atom. The number of carbonyl (C=O) groups excluding carboxylic acids is 4. The van der Waals surface area contributed by atoms with Crippen molar-refractivity contribution in [1.29, 1.82) is 0 Å². The smallest absolute Gasteiger partial charge is 0.338 e. The summed E-state index contributed by atoms with van der Waals surface area (Å²) in [5, 5.41) is 9.27. The minimum absolute atomic E-state index is 0.0565. The van der Waals surface area contributed by atoms with Gasteiger partial charge in [-0.25, -0.2) is 19.2 Å². The standard InChI is InChI=1S/C54H64O15/c1-34(21-11-5-6-20-30-55)60-52-47(69-54-46(67-51(59)41-28-18-10-19-29-41)32-43(36(3)63-54)65-49(57)39-24-14-8-15-25-39)33-44(37(4)61-52)68-53-45(66-50(58)40-26-16-9-17-27-40)31-42(35(2)62-53)64-48(56)38-22-12-7-13-23-38/h7-10,12-19,22-29,34-37,42-47,52-55H,5-6,11,20-21,30-33H2,1-4H3/t34-,35+,36+,37+,42-,43-,44-,45-,46-,47-,52-,53+,54+/m1/s1. The van der Waals surface area contributed by atoms with Crippen LogP contribution in [0.1, 0.15) is 120 Å². The van der Waals surface area contributed by atoms with Gasteiger partial charge in [0.05, 0.1) is 52.8 Å². The molecule has 0 radical (unpaired) electrons. The van der Waals surface area contributed by atoms with E-state index in [1.54, 1.807) is 135 Å². The van der Waals surface area contributed by atoms with Crippen molar-refractivity contribution in [1.82, 2.24) is 0 Å². The van der Waals surface area contributed by atoms with Crippen molar-refractivity contribution in [3.05, 3.63) is 144 Å². The molecule has 3 heterocycles. The molecule has 0 spiro atoms. The van der Waals surface area contributed by atoms with Gasteiger partial charge in [-0.1, -0.05) is 92.1 Å². The van der Waals surface area contributed by atoms with Crippen molar-refractivity contribution in [2.45, 2.75) is 159 Å². The summed E-state index contributed by atoms with van der Waals surface area (Å²) in [6.45, 7) is 7.46. The predicted octanol–water partition coefficient (Wildman–Crippen LogP) is 8.41. The third kappa shape index (κ3) is 14.5. The second kappa shape index (κ2) is 25.4. The minimum atomic E-state index is -1.17. The summed E-state index contributed by atoms with van der Waals surface area (Å²) in [4.78, 5) is 53.7. The van der Waals surface area contributed by atoms with E-state index in [4.69, 9.17) is 47.4 Å². The van der Waals surface area contributed by atoms with Gasteiger partial charge in [-0.05, 0) is 89.1 Å². The maximum absolute atomic E-state index is 13.7. The lowest BCUT2D eigenvalue weighted by Crippen LogP contribution is -2.57. The van der Waals surface area contributed by atoms with Gasteiger partial charge in [0.1, 0.15) is 18.3 Å². The van der Waals surface area contributed by atoms with Crippen molar-refractivity contribution in [3.8, 4) is 0 Å². The second-order valence-corrected chi connectivity index (χ2v) is 17.8. The second-order valence-electron chi connectivity index (χ2n) is 17.8. The van der Waals surface area contributed by atoms with E-state index in [2.05, 4.69) is 0 Å². The fraction of sp³-hybridized carbons (Fsp3) is 0.481. The quantitative estimate of drug-likeness (QED) is 0.0506. The van der Waals surface area contributed by atoms with Gasteiger partial charge in [-0.15, -0.1) is 0 Å². The first-order valence-corrected chi connectivity index (χ1v) is 24.0. The first-order chi connectivity index (χ1) is 33.4. The highest BCUT2D eigenvalue weighted by Gasteiger charge is 2.49. The largest absolute Gasteiger partial charge is 0.456 e. The van der Waals surface area contributed by atoms with E-state index >= 15 is 0 Å². The van der Waals surface area contributed by atoms with Crippen LogP contribution in [-0.2, 0) is 47.4 Å². The first kappa shape index (κ1) is 51.3. The van der Waals surface area contributed by atoms with Crippen LogP contribution in [0.25, 0.3) is 0 Å². The molecular weight excluding hydrogens is 889 g/mol. The monoisotopic (exact) mass is 952 g/mol. The van der Waals surface area contributed by atoms with E-state index in [1.807, 2.05) is 13.8 Å². The highest BCUT2D eigenvalue weighted by atomic mass is 16.8. The molecule has 0 bridgehead atoms. The number of esters is 4. The molecule has 15 heteroatoms. The van der Waals surface area contributed by atoms with Crippen molar-refractivity contribution in [2.24, 2.45) is 0 Å². The van der Waals surface area contributed by atoms with Crippen molar-refractivity contribution in [2.75, 3.05) is 6.61 Å². The summed E-state index contributed by atoms with van der Waals surface area (Å²) in [6, 6.07) is 34.2. The number of carbonyl (C=O) groups is 4. The van der Waals surface area contributed by atoms with Gasteiger partial charge < -0.3 is 52.5 Å². The zero-order chi connectivity index (χ0) is 48.7. The van der Waals surface area contributed by atoms with Crippen LogP contribution >= 0.6 is 0 Å². The predicted molar refractivity (Wildman–Crippen MR) is 250 cm³/mol. The normalized spacial score (nSPS) is 28.4. The Balaban J connectivity index is 1.12. The number of rotatable bonds is 20. The fourth-order valence-electron chi connectivity index (χ4n) is 8.55. The molecule has 370 valence electrons. The zero-order valence-corrected chi connectivity index (χ0v) is 39.6. The Kier molecular flexibility index (Phi) is 18.9. The molecule has 0 unspecified atom stereocenters. The minimum Gasteiger partial charge on any atom is -0.456 e. The molecule has 4 aromatic rings. The molecule has 3 saturated heterocycles. The third-order valence-electron chi connectivity index (χ3n) is 12.5. The van der Waals surface area contributed by atoms with Crippen LogP contribution in [-0.4, -0.2) is 116 Å². The summed E-state index contributed by atoms with van der Waals surface area (Å²) in [5.74, 6) is -2.33. The Morgan fingerprint density at radius 1 is 0.464 bits per heavy atom. The highest BCUT2D eigenvalue weighted by Crippen LogP contribution is 2.36. The molecule has 0 amide bonds. The van der Waals surface area contributed by atoms with Crippen LogP contribution in [0.2, 0.25) is 0 Å². The molecule has 1 N–H and O–H groups in total. The molecule has 69 heavy (non-hydrogen) atoms. The number of hydrogen-bond acceptors (Lipinski definition) is 15. The summed E-state index contributed by atoms with van der Waals surface area (Å²) in [6.07, 6.45) is -6.34. The van der Waals surface area contributed by atoms with Crippen LogP contribution in [0.4, 0.5) is 0 Å². The van der Waals surface area contributed by atoms with Gasteiger partial charge in [0.2, 0.25) is 0 Å². The van der Waals surface area contributed by atoms with Gasteiger partial charge in [0.15, 0.2) is 31.1 Å². The fourth-order valence-corrected chi connectivity index (χ4v) is 8.55. The third-order valence-corrected chi connectivity index (χ3v) is 12.5. The van der Waals surface area contributed by atoms with Crippen molar-refractivity contribution >= 4 is 23.9 Å². The zero-order valence-electron chi connectivity index (χ0n) is 39.6. The van der Waals surface area contributed by atoms with Gasteiger partial charge in [-0.3, -0.25) is 0 Å². The molecule has 7 rings (SSSR count). The lowest BCUT2D eigenvalue weighted by molar-refractivity contribution is -0.353. The van der Waals surface area contributed by atoms with Gasteiger partial charge in [0, 0.05) is 25.9 Å². The van der Waals surface area contributed by atoms with Crippen molar-refractivity contribution < 1.29 is 71.7 Å². The van der Waals surface area contributed by atoms with E-state index in [-0.39, 0.29) is 32.0 Å². The number of benzene rings is 4. The number of ether oxygens (including phenoxy) is 10. The molecule has 4 aromatic carbocycles. The van der Waals surface area contributed by atoms with Crippen LogP contribution in [0.5, 0.6) is 0 Å². The van der Waals surface area contributed by atoms with Crippen LogP contribution in [0.3, 0.4) is 0 Å². The van der Waals surface area contributed by atoms with Crippen LogP contribution in [0.15, 0.2) is 121 Å². The van der Waals surface area contributed by atoms with Crippen molar-refractivity contribution in [3.63, 3.8) is 0 Å². The molecule has 15 nitrogen and oxygen atoms in total. The van der Waals surface area contributed by atoms with E-state index in [0.717, 1.165) is 25.7 Å². The Bertz CT molecular complexity index is 2210. The van der Waals surface area contributed by atoms with E-state index in [0.29, 0.717) is 28.7 Å². The number of aliphatic hydroxyl groups is 1. The first-order valence-electron chi connectivity index (χ1n) is 24.0. The molecular formula is C54H64O15. The van der Waals surface area contributed by atoms with Gasteiger partial charge in [0.25, 0.3) is 0 Å². The van der Waals surface area contributed by atoms with E-state index in [9.17, 15) is 24.3 Å². The molecule has 3 aliphatic rings. The summed E-state index contributed by atoms with van der Waals surface area (Å²) in [5.41, 5.74) is 1.36. The summed E-state index contributed by atoms with van der Waals surface area (Å²) in [7, 11) is 0. The molecule has 3 fully saturated rings. The number of hydrogen-bond donors (Lipinski definition) is 1. The number of aliphatic hydroxyl groups excluding tert-OH is 1. The maximum atomic E-state index is 13.7. The average molecular weight is 953 g/mol. The molecule has 0 aromatic heterocycles. The summed E-state index contributed by atoms with van der Waals surface area (Å²) >= 11 is 0. The Morgan fingerprint density at radius 2 is 0.797 bits per heavy atom.